The minimum Gasteiger partial charge on any atom is -0.410 e. The Morgan fingerprint density at radius 1 is 1.39 bits per heavy atom. The second kappa shape index (κ2) is 5.30. The van der Waals surface area contributed by atoms with Gasteiger partial charge in [0.15, 0.2) is 8.32 Å². The van der Waals surface area contributed by atoms with E-state index < -0.39 is 8.32 Å². The summed E-state index contributed by atoms with van der Waals surface area (Å²) in [5, 5.41) is 0.206. The van der Waals surface area contributed by atoms with Crippen molar-refractivity contribution in [3.63, 3.8) is 0 Å². The maximum atomic E-state index is 12.5. The predicted molar refractivity (Wildman–Crippen MR) is 79.1 cm³/mol. The maximum Gasteiger partial charge on any atom is 0.192 e. The van der Waals surface area contributed by atoms with Crippen LogP contribution in [-0.4, -0.2) is 21.1 Å². The minimum atomic E-state index is -1.76. The van der Waals surface area contributed by atoms with Gasteiger partial charge in [0, 0.05) is 12.8 Å². The molecule has 0 aliphatic heterocycles. The zero-order valence-corrected chi connectivity index (χ0v) is 13.7. The summed E-state index contributed by atoms with van der Waals surface area (Å²) in [4.78, 5) is 0. The van der Waals surface area contributed by atoms with Gasteiger partial charge in [0.1, 0.15) is 0 Å². The van der Waals surface area contributed by atoms with Crippen LogP contribution in [0.2, 0.25) is 18.1 Å². The molecule has 0 spiro atoms. The van der Waals surface area contributed by atoms with Crippen molar-refractivity contribution in [2.45, 2.75) is 64.8 Å². The first-order chi connectivity index (χ1) is 8.10. The summed E-state index contributed by atoms with van der Waals surface area (Å²) in [7, 11) is -1.76. The van der Waals surface area contributed by atoms with E-state index in [-0.39, 0.29) is 17.8 Å². The van der Waals surface area contributed by atoms with Gasteiger partial charge in [-0.05, 0) is 41.8 Å². The fraction of sp³-hybridized carbons (Fsp3) is 0.733. The molecule has 0 radical (unpaired) electrons. The van der Waals surface area contributed by atoms with Crippen molar-refractivity contribution in [2.75, 3.05) is 6.67 Å². The Bertz CT molecular complexity index is 363. The van der Waals surface area contributed by atoms with Gasteiger partial charge in [0.25, 0.3) is 0 Å². The molecule has 1 aliphatic carbocycles. The van der Waals surface area contributed by atoms with Crippen LogP contribution in [0.15, 0.2) is 23.3 Å². The van der Waals surface area contributed by atoms with Gasteiger partial charge in [-0.2, -0.15) is 0 Å². The smallest absolute Gasteiger partial charge is 0.192 e. The fourth-order valence-corrected chi connectivity index (χ4v) is 3.43. The van der Waals surface area contributed by atoms with Gasteiger partial charge in [-0.1, -0.05) is 27.4 Å². The highest BCUT2D eigenvalue weighted by molar-refractivity contribution is 6.74. The molecule has 0 fully saturated rings. The van der Waals surface area contributed by atoms with E-state index in [1.165, 1.54) is 5.57 Å². The zero-order valence-electron chi connectivity index (χ0n) is 12.7. The molecule has 1 unspecified atom stereocenters. The number of alkyl halides is 1. The summed E-state index contributed by atoms with van der Waals surface area (Å²) in [6.07, 6.45) is 1.45. The quantitative estimate of drug-likeness (QED) is 0.652. The molecule has 0 N–H and O–H groups in total. The Morgan fingerprint density at radius 2 is 1.94 bits per heavy atom. The van der Waals surface area contributed by atoms with Crippen LogP contribution in [0.25, 0.3) is 0 Å². The molecule has 1 aliphatic rings. The monoisotopic (exact) mass is 270 g/mol. The first-order valence-electron chi connectivity index (χ1n) is 6.71. The zero-order chi connectivity index (χ0) is 14.1. The Kier molecular flexibility index (Phi) is 4.60. The number of rotatable bonds is 4. The van der Waals surface area contributed by atoms with E-state index in [0.717, 1.165) is 17.6 Å². The highest BCUT2D eigenvalue weighted by Gasteiger charge is 2.41. The van der Waals surface area contributed by atoms with Gasteiger partial charge in [0.05, 0.1) is 12.8 Å². The van der Waals surface area contributed by atoms with Crippen LogP contribution in [0.4, 0.5) is 4.39 Å². The third-order valence-electron chi connectivity index (χ3n) is 4.41. The van der Waals surface area contributed by atoms with Crippen LogP contribution in [0.3, 0.4) is 0 Å². The lowest BCUT2D eigenvalue weighted by Crippen LogP contribution is -2.43. The SMILES string of the molecule is C=C1CC(O[Si](C)(C)C(C)(C)C)C(C)=C1CCF. The lowest BCUT2D eigenvalue weighted by atomic mass is 10.1. The predicted octanol–water partition coefficient (Wildman–Crippen LogP) is 5.01. The Morgan fingerprint density at radius 3 is 2.39 bits per heavy atom. The van der Waals surface area contributed by atoms with Crippen molar-refractivity contribution in [2.24, 2.45) is 0 Å². The molecule has 1 rings (SSSR count). The van der Waals surface area contributed by atoms with Crippen LogP contribution in [0, 0.1) is 0 Å². The van der Waals surface area contributed by atoms with E-state index in [1.54, 1.807) is 0 Å². The van der Waals surface area contributed by atoms with Crippen LogP contribution < -0.4 is 0 Å². The van der Waals surface area contributed by atoms with Gasteiger partial charge < -0.3 is 4.43 Å². The van der Waals surface area contributed by atoms with Crippen molar-refractivity contribution >= 4 is 8.32 Å². The molecule has 0 aromatic heterocycles. The first kappa shape index (κ1) is 15.6. The molecular weight excluding hydrogens is 243 g/mol. The standard InChI is InChI=1S/C15H27FOSi/c1-11-10-14(12(2)13(11)8-9-16)17-18(6,7)15(3,4)5/h14H,1,8-10H2,2-7H3. The molecule has 1 atom stereocenters. The summed E-state index contributed by atoms with van der Waals surface area (Å²) in [6, 6.07) is 0. The van der Waals surface area contributed by atoms with Gasteiger partial charge in [-0.15, -0.1) is 0 Å². The summed E-state index contributed by atoms with van der Waals surface area (Å²) in [5.41, 5.74) is 3.36. The molecule has 3 heteroatoms. The van der Waals surface area contributed by atoms with Crippen LogP contribution in [0.1, 0.15) is 40.5 Å². The van der Waals surface area contributed by atoms with Gasteiger partial charge >= 0.3 is 0 Å². The summed E-state index contributed by atoms with van der Waals surface area (Å²) < 4.78 is 19.0. The normalized spacial score (nSPS) is 21.9. The average molecular weight is 270 g/mol. The molecule has 0 heterocycles. The highest BCUT2D eigenvalue weighted by Crippen LogP contribution is 2.42. The van der Waals surface area contributed by atoms with E-state index >= 15 is 0 Å². The van der Waals surface area contributed by atoms with Gasteiger partial charge in [-0.3, -0.25) is 4.39 Å². The molecule has 0 aromatic rings. The third kappa shape index (κ3) is 3.12. The van der Waals surface area contributed by atoms with Crippen molar-refractivity contribution in [1.29, 1.82) is 0 Å². The number of hydrogen-bond donors (Lipinski definition) is 0. The molecule has 0 bridgehead atoms. The topological polar surface area (TPSA) is 9.23 Å². The van der Waals surface area contributed by atoms with Crippen LogP contribution in [-0.2, 0) is 4.43 Å². The molecule has 1 nitrogen and oxygen atoms in total. The van der Waals surface area contributed by atoms with E-state index in [9.17, 15) is 4.39 Å². The lowest BCUT2D eigenvalue weighted by Gasteiger charge is -2.38. The maximum absolute atomic E-state index is 12.5. The van der Waals surface area contributed by atoms with Crippen molar-refractivity contribution in [3.05, 3.63) is 23.3 Å². The first-order valence-corrected chi connectivity index (χ1v) is 9.62. The Balaban J connectivity index is 2.86. The fourth-order valence-electron chi connectivity index (χ4n) is 2.10. The molecule has 0 amide bonds. The van der Waals surface area contributed by atoms with Crippen LogP contribution in [0.5, 0.6) is 0 Å². The Labute approximate surface area is 112 Å². The summed E-state index contributed by atoms with van der Waals surface area (Å²) in [6.45, 7) is 17.1. The van der Waals surface area contributed by atoms with E-state index in [2.05, 4.69) is 47.4 Å². The number of allylic oxidation sites excluding steroid dienone is 1. The van der Waals surface area contributed by atoms with E-state index in [1.807, 2.05) is 0 Å². The molecule has 104 valence electrons. The molecular formula is C15H27FOSi. The van der Waals surface area contributed by atoms with Crippen molar-refractivity contribution in [3.8, 4) is 0 Å². The largest absolute Gasteiger partial charge is 0.410 e. The van der Waals surface area contributed by atoms with Gasteiger partial charge in [-0.25, -0.2) is 0 Å². The summed E-state index contributed by atoms with van der Waals surface area (Å²) >= 11 is 0. The van der Waals surface area contributed by atoms with Crippen molar-refractivity contribution < 1.29 is 8.82 Å². The molecule has 0 saturated heterocycles. The highest BCUT2D eigenvalue weighted by atomic mass is 28.4. The summed E-state index contributed by atoms with van der Waals surface area (Å²) in [5.74, 6) is 0. The molecule has 18 heavy (non-hydrogen) atoms. The average Bonchev–Trinajstić information content (AvgIpc) is 2.44. The molecule has 0 aromatic carbocycles. The third-order valence-corrected chi connectivity index (χ3v) is 8.89. The molecule has 0 saturated carbocycles. The lowest BCUT2D eigenvalue weighted by molar-refractivity contribution is 0.221. The second-order valence-electron chi connectivity index (χ2n) is 6.78. The minimum absolute atomic E-state index is 0.125. The van der Waals surface area contributed by atoms with E-state index in [4.69, 9.17) is 4.43 Å². The Hall–Kier alpha value is -0.413. The number of halogens is 1. The van der Waals surface area contributed by atoms with E-state index in [0.29, 0.717) is 6.42 Å². The van der Waals surface area contributed by atoms with Crippen LogP contribution >= 0.6 is 0 Å². The van der Waals surface area contributed by atoms with Gasteiger partial charge in [0.2, 0.25) is 0 Å². The number of hydrogen-bond acceptors (Lipinski definition) is 1. The second-order valence-corrected chi connectivity index (χ2v) is 11.5. The van der Waals surface area contributed by atoms with Crippen molar-refractivity contribution in [1.82, 2.24) is 0 Å².